The summed E-state index contributed by atoms with van der Waals surface area (Å²) in [6, 6.07) is 3.61. The molecular formula is C17H19N3O3S. The number of carbonyl (C=O) groups excluding carboxylic acids is 2. The monoisotopic (exact) mass is 345 g/mol. The first-order valence-electron chi connectivity index (χ1n) is 7.85. The fourth-order valence-electron chi connectivity index (χ4n) is 2.54. The van der Waals surface area contributed by atoms with Gasteiger partial charge in [-0.2, -0.15) is 0 Å². The number of thiazole rings is 1. The molecule has 7 heteroatoms. The lowest BCUT2D eigenvalue weighted by Gasteiger charge is -2.06. The van der Waals surface area contributed by atoms with Gasteiger partial charge in [0, 0.05) is 18.7 Å². The normalized spacial score (nSPS) is 16.3. The van der Waals surface area contributed by atoms with E-state index in [4.69, 9.17) is 4.42 Å². The van der Waals surface area contributed by atoms with Crippen LogP contribution in [0.4, 0.5) is 5.13 Å². The Morgan fingerprint density at radius 3 is 3.04 bits per heavy atom. The maximum atomic E-state index is 12.0. The number of carbonyl (C=O) groups is 2. The lowest BCUT2D eigenvalue weighted by Crippen LogP contribution is -2.18. The van der Waals surface area contributed by atoms with Gasteiger partial charge in [0.05, 0.1) is 6.54 Å². The second-order valence-corrected chi connectivity index (χ2v) is 6.59. The molecule has 2 aromatic heterocycles. The van der Waals surface area contributed by atoms with Crippen molar-refractivity contribution in [2.45, 2.75) is 32.7 Å². The number of furan rings is 1. The minimum atomic E-state index is -0.108. The molecule has 2 aromatic rings. The topological polar surface area (TPSA) is 84.2 Å². The Balaban J connectivity index is 1.57. The number of aromatic nitrogens is 1. The zero-order valence-electron chi connectivity index (χ0n) is 13.4. The summed E-state index contributed by atoms with van der Waals surface area (Å²) in [6.07, 6.45) is 6.81. The molecule has 0 aromatic carbocycles. The molecule has 0 fully saturated rings. The highest BCUT2D eigenvalue weighted by Crippen LogP contribution is 2.27. The van der Waals surface area contributed by atoms with E-state index in [1.807, 2.05) is 5.38 Å². The summed E-state index contributed by atoms with van der Waals surface area (Å²) >= 11 is 1.37. The van der Waals surface area contributed by atoms with Crippen LogP contribution in [0.15, 0.2) is 34.1 Å². The molecule has 1 aliphatic carbocycles. The summed E-state index contributed by atoms with van der Waals surface area (Å²) in [4.78, 5) is 27.3. The van der Waals surface area contributed by atoms with E-state index in [1.54, 1.807) is 12.1 Å². The second kappa shape index (κ2) is 7.44. The molecule has 0 bridgehead atoms. The Kier molecular flexibility index (Phi) is 5.10. The van der Waals surface area contributed by atoms with Gasteiger partial charge in [0.25, 0.3) is 0 Å². The first-order chi connectivity index (χ1) is 11.6. The number of rotatable bonds is 6. The van der Waals surface area contributed by atoms with Crippen LogP contribution in [0.2, 0.25) is 0 Å². The van der Waals surface area contributed by atoms with Gasteiger partial charge < -0.3 is 15.1 Å². The number of anilines is 1. The third-order valence-corrected chi connectivity index (χ3v) is 4.49. The van der Waals surface area contributed by atoms with E-state index in [0.29, 0.717) is 41.2 Å². The Labute approximate surface area is 144 Å². The zero-order valence-corrected chi connectivity index (χ0v) is 14.2. The number of nitrogens with zero attached hydrogens (tertiary/aromatic N) is 1. The van der Waals surface area contributed by atoms with Crippen molar-refractivity contribution in [1.82, 2.24) is 10.3 Å². The van der Waals surface area contributed by atoms with Crippen molar-refractivity contribution in [3.63, 3.8) is 0 Å². The molecule has 0 radical (unpaired) electrons. The number of hydrogen-bond acceptors (Lipinski definition) is 5. The highest BCUT2D eigenvalue weighted by Gasteiger charge is 2.16. The van der Waals surface area contributed by atoms with Gasteiger partial charge in [-0.25, -0.2) is 4.98 Å². The number of hydrogen-bond donors (Lipinski definition) is 2. The van der Waals surface area contributed by atoms with Gasteiger partial charge >= 0.3 is 0 Å². The molecule has 3 rings (SSSR count). The van der Waals surface area contributed by atoms with E-state index in [2.05, 4.69) is 27.8 Å². The average Bonchev–Trinajstić information content (AvgIpc) is 3.26. The highest BCUT2D eigenvalue weighted by atomic mass is 32.1. The smallest absolute Gasteiger partial charge is 0.226 e. The standard InChI is InChI=1S/C17H19N3O3S/c1-11(21)18-9-13-6-7-15(23-13)14-10-24-17(19-14)20-16(22)8-12-4-2-3-5-12/h2,4,6-7,10,12H,3,5,8-9H2,1H3,(H,18,21)(H,19,20,22)/t12-/m0/s1. The number of allylic oxidation sites excluding steroid dienone is 2. The largest absolute Gasteiger partial charge is 0.458 e. The second-order valence-electron chi connectivity index (χ2n) is 5.73. The Morgan fingerprint density at radius 1 is 1.42 bits per heavy atom. The lowest BCUT2D eigenvalue weighted by atomic mass is 10.1. The van der Waals surface area contributed by atoms with Gasteiger partial charge in [-0.1, -0.05) is 12.2 Å². The lowest BCUT2D eigenvalue weighted by molar-refractivity contribution is -0.119. The summed E-state index contributed by atoms with van der Waals surface area (Å²) < 4.78 is 5.65. The Hall–Kier alpha value is -2.41. The predicted molar refractivity (Wildman–Crippen MR) is 92.4 cm³/mol. The summed E-state index contributed by atoms with van der Waals surface area (Å²) in [5.41, 5.74) is 0.671. The Bertz CT molecular complexity index is 763. The molecule has 0 spiro atoms. The van der Waals surface area contributed by atoms with E-state index in [-0.39, 0.29) is 11.8 Å². The van der Waals surface area contributed by atoms with E-state index in [0.717, 1.165) is 12.8 Å². The molecule has 24 heavy (non-hydrogen) atoms. The SMILES string of the molecule is CC(=O)NCc1ccc(-c2csc(NC(=O)C[C@H]3C=CCC3)n2)o1. The quantitative estimate of drug-likeness (QED) is 0.787. The van der Waals surface area contributed by atoms with Crippen LogP contribution in [-0.2, 0) is 16.1 Å². The van der Waals surface area contributed by atoms with Gasteiger partial charge in [-0.15, -0.1) is 11.3 Å². The van der Waals surface area contributed by atoms with Crippen LogP contribution in [0.25, 0.3) is 11.5 Å². The minimum absolute atomic E-state index is 0.0155. The van der Waals surface area contributed by atoms with E-state index >= 15 is 0 Å². The van der Waals surface area contributed by atoms with Gasteiger partial charge in [-0.05, 0) is 30.9 Å². The third kappa shape index (κ3) is 4.32. The average molecular weight is 345 g/mol. The van der Waals surface area contributed by atoms with Crippen LogP contribution in [-0.4, -0.2) is 16.8 Å². The van der Waals surface area contributed by atoms with Crippen molar-refractivity contribution in [3.05, 3.63) is 35.4 Å². The van der Waals surface area contributed by atoms with Crippen molar-refractivity contribution in [2.75, 3.05) is 5.32 Å². The summed E-state index contributed by atoms with van der Waals surface area (Å²) in [6.45, 7) is 1.80. The zero-order chi connectivity index (χ0) is 16.9. The van der Waals surface area contributed by atoms with Crippen molar-refractivity contribution in [1.29, 1.82) is 0 Å². The molecular weight excluding hydrogens is 326 g/mol. The van der Waals surface area contributed by atoms with E-state index < -0.39 is 0 Å². The third-order valence-electron chi connectivity index (χ3n) is 3.74. The molecule has 2 N–H and O–H groups in total. The van der Waals surface area contributed by atoms with E-state index in [9.17, 15) is 9.59 Å². The van der Waals surface area contributed by atoms with Crippen LogP contribution in [0.5, 0.6) is 0 Å². The van der Waals surface area contributed by atoms with Gasteiger partial charge in [0.2, 0.25) is 11.8 Å². The first kappa shape index (κ1) is 16.4. The van der Waals surface area contributed by atoms with Crippen LogP contribution in [0, 0.1) is 5.92 Å². The molecule has 1 atom stereocenters. The Morgan fingerprint density at radius 2 is 2.29 bits per heavy atom. The molecule has 1 aliphatic rings. The molecule has 6 nitrogen and oxygen atoms in total. The molecule has 2 heterocycles. The first-order valence-corrected chi connectivity index (χ1v) is 8.73. The fourth-order valence-corrected chi connectivity index (χ4v) is 3.26. The maximum absolute atomic E-state index is 12.0. The number of nitrogens with one attached hydrogen (secondary N) is 2. The maximum Gasteiger partial charge on any atom is 0.226 e. The van der Waals surface area contributed by atoms with Crippen LogP contribution in [0.3, 0.4) is 0 Å². The number of amides is 2. The van der Waals surface area contributed by atoms with Crippen molar-refractivity contribution in [2.24, 2.45) is 5.92 Å². The predicted octanol–water partition coefficient (Wildman–Crippen LogP) is 3.33. The molecule has 2 amide bonds. The van der Waals surface area contributed by atoms with Gasteiger partial charge in [0.15, 0.2) is 10.9 Å². The van der Waals surface area contributed by atoms with Crippen molar-refractivity contribution < 1.29 is 14.0 Å². The van der Waals surface area contributed by atoms with Crippen molar-refractivity contribution in [3.8, 4) is 11.5 Å². The van der Waals surface area contributed by atoms with Gasteiger partial charge in [-0.3, -0.25) is 9.59 Å². The van der Waals surface area contributed by atoms with Crippen LogP contribution in [0.1, 0.15) is 31.9 Å². The molecule has 0 saturated heterocycles. The van der Waals surface area contributed by atoms with Gasteiger partial charge in [0.1, 0.15) is 11.5 Å². The fraction of sp³-hybridized carbons (Fsp3) is 0.353. The summed E-state index contributed by atoms with van der Waals surface area (Å²) in [7, 11) is 0. The van der Waals surface area contributed by atoms with Crippen molar-refractivity contribution >= 4 is 28.3 Å². The van der Waals surface area contributed by atoms with E-state index in [1.165, 1.54) is 18.3 Å². The molecule has 0 unspecified atom stereocenters. The molecule has 0 saturated carbocycles. The summed E-state index contributed by atoms with van der Waals surface area (Å²) in [5.74, 6) is 1.49. The van der Waals surface area contributed by atoms with Crippen LogP contribution >= 0.6 is 11.3 Å². The minimum Gasteiger partial charge on any atom is -0.458 e. The van der Waals surface area contributed by atoms with Crippen LogP contribution < -0.4 is 10.6 Å². The summed E-state index contributed by atoms with van der Waals surface area (Å²) in [5, 5.41) is 7.93. The highest BCUT2D eigenvalue weighted by molar-refractivity contribution is 7.14. The molecule has 126 valence electrons. The molecule has 0 aliphatic heterocycles.